The second-order valence-corrected chi connectivity index (χ2v) is 2.92. The molecule has 1 rings (SSSR count). The standard InChI is InChI=1S/C10H12N2O3/c1-7-3-4-8(6-11-12-14)5-9(7)10(13)15-2/h3-6,12,14H,1-2H3. The van der Waals surface area contributed by atoms with Gasteiger partial charge in [-0.1, -0.05) is 12.1 Å². The van der Waals surface area contributed by atoms with Crippen molar-refractivity contribution < 1.29 is 14.7 Å². The highest BCUT2D eigenvalue weighted by Gasteiger charge is 2.08. The van der Waals surface area contributed by atoms with Crippen LogP contribution in [0.15, 0.2) is 23.3 Å². The van der Waals surface area contributed by atoms with E-state index in [1.165, 1.54) is 13.3 Å². The highest BCUT2D eigenvalue weighted by atomic mass is 16.5. The van der Waals surface area contributed by atoms with Crippen LogP contribution in [-0.4, -0.2) is 24.5 Å². The highest BCUT2D eigenvalue weighted by Crippen LogP contribution is 2.11. The Morgan fingerprint density at radius 2 is 2.33 bits per heavy atom. The van der Waals surface area contributed by atoms with Crippen molar-refractivity contribution in [2.75, 3.05) is 7.11 Å². The number of carbonyl (C=O) groups excluding carboxylic acids is 1. The second-order valence-electron chi connectivity index (χ2n) is 2.92. The van der Waals surface area contributed by atoms with Crippen LogP contribution in [-0.2, 0) is 4.74 Å². The van der Waals surface area contributed by atoms with Crippen LogP contribution < -0.4 is 5.59 Å². The average Bonchev–Trinajstić information content (AvgIpc) is 2.27. The first-order valence-corrected chi connectivity index (χ1v) is 4.30. The molecule has 0 saturated heterocycles. The van der Waals surface area contributed by atoms with Crippen LogP contribution in [0.3, 0.4) is 0 Å². The van der Waals surface area contributed by atoms with Crippen LogP contribution in [0.5, 0.6) is 0 Å². The van der Waals surface area contributed by atoms with Gasteiger partial charge < -0.3 is 4.74 Å². The largest absolute Gasteiger partial charge is 0.465 e. The molecule has 0 saturated carbocycles. The third-order valence-corrected chi connectivity index (χ3v) is 1.94. The van der Waals surface area contributed by atoms with Crippen LogP contribution in [0, 0.1) is 6.92 Å². The number of aryl methyl sites for hydroxylation is 1. The lowest BCUT2D eigenvalue weighted by Gasteiger charge is -2.04. The van der Waals surface area contributed by atoms with Crippen molar-refractivity contribution in [2.45, 2.75) is 6.92 Å². The van der Waals surface area contributed by atoms with Gasteiger partial charge in [-0.3, -0.25) is 5.21 Å². The van der Waals surface area contributed by atoms with E-state index < -0.39 is 0 Å². The van der Waals surface area contributed by atoms with Gasteiger partial charge in [0.05, 0.1) is 18.9 Å². The van der Waals surface area contributed by atoms with Crippen molar-refractivity contribution in [3.63, 3.8) is 0 Å². The first kappa shape index (κ1) is 11.2. The molecule has 0 unspecified atom stereocenters. The number of rotatable bonds is 3. The molecule has 0 spiro atoms. The summed E-state index contributed by atoms with van der Waals surface area (Å²) in [4.78, 5) is 11.3. The Hall–Kier alpha value is -1.88. The molecule has 1 aromatic carbocycles. The summed E-state index contributed by atoms with van der Waals surface area (Å²) in [7, 11) is 1.33. The number of hydrogen-bond donors (Lipinski definition) is 2. The van der Waals surface area contributed by atoms with E-state index in [0.717, 1.165) is 5.56 Å². The van der Waals surface area contributed by atoms with Gasteiger partial charge >= 0.3 is 5.97 Å². The normalized spacial score (nSPS) is 10.3. The Kier molecular flexibility index (Phi) is 3.82. The molecule has 0 aliphatic rings. The Morgan fingerprint density at radius 3 is 2.93 bits per heavy atom. The molecule has 0 fully saturated rings. The number of esters is 1. The molecule has 15 heavy (non-hydrogen) atoms. The molecule has 2 N–H and O–H groups in total. The Labute approximate surface area is 87.3 Å². The fourth-order valence-electron chi connectivity index (χ4n) is 1.15. The maximum atomic E-state index is 11.3. The summed E-state index contributed by atoms with van der Waals surface area (Å²) < 4.78 is 4.63. The van der Waals surface area contributed by atoms with Crippen molar-refractivity contribution in [1.29, 1.82) is 0 Å². The summed E-state index contributed by atoms with van der Waals surface area (Å²) in [6.07, 6.45) is 1.39. The lowest BCUT2D eigenvalue weighted by Crippen LogP contribution is -2.05. The van der Waals surface area contributed by atoms with Gasteiger partial charge in [0.15, 0.2) is 0 Å². The third kappa shape index (κ3) is 2.78. The predicted octanol–water partition coefficient (Wildman–Crippen LogP) is 1.09. The highest BCUT2D eigenvalue weighted by molar-refractivity contribution is 5.93. The van der Waals surface area contributed by atoms with E-state index >= 15 is 0 Å². The molecule has 5 heteroatoms. The number of nitrogens with zero attached hydrogens (tertiary/aromatic N) is 1. The van der Waals surface area contributed by atoms with Gasteiger partial charge in [0, 0.05) is 0 Å². The maximum Gasteiger partial charge on any atom is 0.338 e. The Balaban J connectivity index is 3.05. The number of hydrazone groups is 1. The smallest absolute Gasteiger partial charge is 0.338 e. The molecule has 0 amide bonds. The molecular formula is C10H12N2O3. The summed E-state index contributed by atoms with van der Waals surface area (Å²) in [5, 5.41) is 11.7. The topological polar surface area (TPSA) is 70.9 Å². The van der Waals surface area contributed by atoms with Crippen molar-refractivity contribution in [3.05, 3.63) is 34.9 Å². The Morgan fingerprint density at radius 1 is 1.60 bits per heavy atom. The minimum atomic E-state index is -0.389. The molecular weight excluding hydrogens is 196 g/mol. The quantitative estimate of drug-likeness (QED) is 0.443. The van der Waals surface area contributed by atoms with Gasteiger partial charge in [0.1, 0.15) is 0 Å². The van der Waals surface area contributed by atoms with E-state index in [9.17, 15) is 4.79 Å². The van der Waals surface area contributed by atoms with Gasteiger partial charge in [0.2, 0.25) is 0 Å². The SMILES string of the molecule is COC(=O)c1cc(C=NNO)ccc1C. The van der Waals surface area contributed by atoms with Gasteiger partial charge in [-0.15, -0.1) is 0 Å². The fourth-order valence-corrected chi connectivity index (χ4v) is 1.15. The lowest BCUT2D eigenvalue weighted by molar-refractivity contribution is 0.0600. The van der Waals surface area contributed by atoms with Gasteiger partial charge in [-0.2, -0.15) is 10.7 Å². The number of methoxy groups -OCH3 is 1. The van der Waals surface area contributed by atoms with E-state index in [1.807, 2.05) is 6.92 Å². The van der Waals surface area contributed by atoms with Crippen LogP contribution in [0.4, 0.5) is 0 Å². The summed E-state index contributed by atoms with van der Waals surface area (Å²) in [5.41, 5.74) is 3.66. The van der Waals surface area contributed by atoms with Crippen molar-refractivity contribution >= 4 is 12.2 Å². The predicted molar refractivity (Wildman–Crippen MR) is 55.0 cm³/mol. The van der Waals surface area contributed by atoms with Crippen LogP contribution in [0.25, 0.3) is 0 Å². The number of benzene rings is 1. The second kappa shape index (κ2) is 5.11. The van der Waals surface area contributed by atoms with Gasteiger partial charge in [-0.05, 0) is 24.1 Å². The molecule has 0 bridgehead atoms. The summed E-state index contributed by atoms with van der Waals surface area (Å²) in [6.45, 7) is 1.82. The molecule has 0 heterocycles. The first-order chi connectivity index (χ1) is 7.19. The van der Waals surface area contributed by atoms with E-state index in [0.29, 0.717) is 11.1 Å². The minimum absolute atomic E-state index is 0.389. The summed E-state index contributed by atoms with van der Waals surface area (Å²) in [6, 6.07) is 5.20. The zero-order valence-corrected chi connectivity index (χ0v) is 8.52. The van der Waals surface area contributed by atoms with E-state index in [2.05, 4.69) is 9.84 Å². The fraction of sp³-hybridized carbons (Fsp3) is 0.200. The number of hydrogen-bond acceptors (Lipinski definition) is 5. The van der Waals surface area contributed by atoms with Crippen molar-refractivity contribution in [2.24, 2.45) is 5.10 Å². The van der Waals surface area contributed by atoms with E-state index in [-0.39, 0.29) is 5.97 Å². The van der Waals surface area contributed by atoms with Crippen LogP contribution >= 0.6 is 0 Å². The minimum Gasteiger partial charge on any atom is -0.465 e. The van der Waals surface area contributed by atoms with Crippen LogP contribution in [0.2, 0.25) is 0 Å². The van der Waals surface area contributed by atoms with Gasteiger partial charge in [0.25, 0.3) is 0 Å². The van der Waals surface area contributed by atoms with Crippen LogP contribution in [0.1, 0.15) is 21.5 Å². The third-order valence-electron chi connectivity index (χ3n) is 1.94. The Bertz CT molecular complexity index is 388. The number of ether oxygens (including phenoxy) is 1. The summed E-state index contributed by atoms with van der Waals surface area (Å²) in [5.74, 6) is -0.389. The first-order valence-electron chi connectivity index (χ1n) is 4.30. The molecule has 0 aliphatic heterocycles. The monoisotopic (exact) mass is 208 g/mol. The molecule has 0 aliphatic carbocycles. The van der Waals surface area contributed by atoms with Crippen molar-refractivity contribution in [1.82, 2.24) is 5.59 Å². The average molecular weight is 208 g/mol. The lowest BCUT2D eigenvalue weighted by atomic mass is 10.1. The van der Waals surface area contributed by atoms with Crippen molar-refractivity contribution in [3.8, 4) is 0 Å². The zero-order valence-electron chi connectivity index (χ0n) is 8.52. The molecule has 5 nitrogen and oxygen atoms in total. The van der Waals surface area contributed by atoms with Gasteiger partial charge in [-0.25, -0.2) is 4.79 Å². The van der Waals surface area contributed by atoms with E-state index in [4.69, 9.17) is 5.21 Å². The molecule has 1 aromatic rings. The maximum absolute atomic E-state index is 11.3. The molecule has 80 valence electrons. The molecule has 0 radical (unpaired) electrons. The number of carbonyl (C=O) groups is 1. The summed E-state index contributed by atoms with van der Waals surface area (Å²) >= 11 is 0. The molecule has 0 aromatic heterocycles. The number of nitrogens with one attached hydrogen (secondary N) is 1. The zero-order chi connectivity index (χ0) is 11.3. The molecule has 0 atom stereocenters. The van der Waals surface area contributed by atoms with E-state index in [1.54, 1.807) is 23.8 Å².